The summed E-state index contributed by atoms with van der Waals surface area (Å²) in [6, 6.07) is 12.5. The van der Waals surface area contributed by atoms with Crippen LogP contribution in [0.4, 0.5) is 0 Å². The van der Waals surface area contributed by atoms with E-state index in [0.29, 0.717) is 23.6 Å². The zero-order valence-electron chi connectivity index (χ0n) is 19.5. The summed E-state index contributed by atoms with van der Waals surface area (Å²) in [4.78, 5) is 39.6. The molecule has 1 saturated heterocycles. The number of nitrogens with one attached hydrogen (secondary N) is 1. The lowest BCUT2D eigenvalue weighted by Gasteiger charge is -2.14. The Morgan fingerprint density at radius 3 is 2.71 bits per heavy atom. The van der Waals surface area contributed by atoms with E-state index in [0.717, 1.165) is 33.2 Å². The molecule has 0 aliphatic carbocycles. The highest BCUT2D eigenvalue weighted by Crippen LogP contribution is 2.14. The van der Waals surface area contributed by atoms with Crippen molar-refractivity contribution in [3.63, 3.8) is 0 Å². The number of nitrogens with zero attached hydrogens (tertiary/aromatic N) is 3. The second kappa shape index (κ2) is 10.0. The Labute approximate surface area is 196 Å². The maximum Gasteiger partial charge on any atom is 0.352 e. The van der Waals surface area contributed by atoms with E-state index in [-0.39, 0.29) is 24.9 Å². The number of aryl methyl sites for hydroxylation is 2. The Balaban J connectivity index is 1.78. The van der Waals surface area contributed by atoms with Crippen LogP contribution in [0.15, 0.2) is 52.1 Å². The Morgan fingerprint density at radius 1 is 1.18 bits per heavy atom. The summed E-state index contributed by atoms with van der Waals surface area (Å²) in [5, 5.41) is 6.92. The molecule has 1 amide bonds. The van der Waals surface area contributed by atoms with Gasteiger partial charge in [-0.25, -0.2) is 4.79 Å². The highest BCUT2D eigenvalue weighted by Gasteiger charge is 2.23. The Bertz CT molecular complexity index is 1320. The Hall–Kier alpha value is -3.72. The molecule has 0 saturated carbocycles. The first-order valence-electron chi connectivity index (χ1n) is 11.2. The zero-order valence-corrected chi connectivity index (χ0v) is 19.5. The third kappa shape index (κ3) is 4.94. The van der Waals surface area contributed by atoms with E-state index in [2.05, 4.69) is 10.4 Å². The minimum atomic E-state index is -0.752. The molecule has 1 aromatic heterocycles. The fourth-order valence-corrected chi connectivity index (χ4v) is 3.87. The van der Waals surface area contributed by atoms with E-state index in [1.807, 2.05) is 19.9 Å². The van der Waals surface area contributed by atoms with Gasteiger partial charge in [0.2, 0.25) is 5.69 Å². The summed E-state index contributed by atoms with van der Waals surface area (Å²) in [5.41, 5.74) is 1.43. The molecule has 0 unspecified atom stereocenters. The summed E-state index contributed by atoms with van der Waals surface area (Å²) in [6.07, 6.45) is 1.69. The summed E-state index contributed by atoms with van der Waals surface area (Å²) >= 11 is 0. The average molecular weight is 465 g/mol. The molecule has 178 valence electrons. The number of benzene rings is 2. The molecule has 0 bridgehead atoms. The van der Waals surface area contributed by atoms with Crippen LogP contribution in [0.5, 0.6) is 5.75 Å². The Kier molecular flexibility index (Phi) is 6.93. The predicted octanol–water partition coefficient (Wildman–Crippen LogP) is 1.98. The molecule has 34 heavy (non-hydrogen) atoms. The summed E-state index contributed by atoms with van der Waals surface area (Å²) < 4.78 is 12.9. The van der Waals surface area contributed by atoms with Crippen LogP contribution in [-0.2, 0) is 11.3 Å². The van der Waals surface area contributed by atoms with Gasteiger partial charge in [0.25, 0.3) is 11.5 Å². The minimum Gasteiger partial charge on any atom is -0.497 e. The van der Waals surface area contributed by atoms with Crippen molar-refractivity contribution in [1.82, 2.24) is 19.7 Å². The molecule has 1 aliphatic rings. The number of carbonyl (C=O) groups excluding carboxylic acids is 1. The van der Waals surface area contributed by atoms with Crippen molar-refractivity contribution in [2.45, 2.75) is 39.3 Å². The van der Waals surface area contributed by atoms with Crippen molar-refractivity contribution in [2.24, 2.45) is 0 Å². The van der Waals surface area contributed by atoms with Crippen molar-refractivity contribution < 1.29 is 14.3 Å². The van der Waals surface area contributed by atoms with Gasteiger partial charge in [-0.3, -0.25) is 14.2 Å². The zero-order chi connectivity index (χ0) is 24.2. The van der Waals surface area contributed by atoms with Gasteiger partial charge in [0.05, 0.1) is 25.4 Å². The lowest BCUT2D eigenvalue weighted by molar-refractivity contribution is 0.0849. The van der Waals surface area contributed by atoms with Gasteiger partial charge in [0.15, 0.2) is 0 Å². The quantitative estimate of drug-likeness (QED) is 0.573. The van der Waals surface area contributed by atoms with Crippen molar-refractivity contribution in [3.8, 4) is 11.4 Å². The van der Waals surface area contributed by atoms with Gasteiger partial charge < -0.3 is 14.8 Å². The molecule has 1 N–H and O–H groups in total. The number of aromatic nitrogens is 3. The van der Waals surface area contributed by atoms with Gasteiger partial charge in [0, 0.05) is 13.2 Å². The first-order chi connectivity index (χ1) is 16.4. The second-order valence-corrected chi connectivity index (χ2v) is 8.40. The van der Waals surface area contributed by atoms with Crippen molar-refractivity contribution in [2.75, 3.05) is 20.3 Å². The maximum absolute atomic E-state index is 13.4. The van der Waals surface area contributed by atoms with E-state index >= 15 is 0 Å². The topological polar surface area (TPSA) is 104 Å². The van der Waals surface area contributed by atoms with E-state index in [9.17, 15) is 14.4 Å². The molecule has 2 heterocycles. The van der Waals surface area contributed by atoms with E-state index < -0.39 is 17.2 Å². The Morgan fingerprint density at radius 2 is 2.00 bits per heavy atom. The lowest BCUT2D eigenvalue weighted by Crippen LogP contribution is -2.46. The van der Waals surface area contributed by atoms with Gasteiger partial charge in [-0.1, -0.05) is 18.2 Å². The number of carbonyl (C=O) groups is 1. The third-order valence-electron chi connectivity index (χ3n) is 6.00. The molecule has 3 aromatic rings. The first kappa shape index (κ1) is 23.4. The number of rotatable bonds is 7. The molecule has 1 aliphatic heterocycles. The lowest BCUT2D eigenvalue weighted by atomic mass is 10.1. The van der Waals surface area contributed by atoms with Crippen LogP contribution >= 0.6 is 0 Å². The molecular weight excluding hydrogens is 436 g/mol. The van der Waals surface area contributed by atoms with Crippen molar-refractivity contribution in [3.05, 3.63) is 85.7 Å². The molecule has 0 spiro atoms. The fraction of sp³-hybridized carbons (Fsp3) is 0.360. The monoisotopic (exact) mass is 464 g/mol. The van der Waals surface area contributed by atoms with Crippen LogP contribution in [-0.4, -0.2) is 46.6 Å². The van der Waals surface area contributed by atoms with Crippen LogP contribution in [0.1, 0.15) is 40.0 Å². The van der Waals surface area contributed by atoms with Crippen LogP contribution in [0.3, 0.4) is 0 Å². The van der Waals surface area contributed by atoms with Crippen LogP contribution in [0, 0.1) is 13.8 Å². The highest BCUT2D eigenvalue weighted by atomic mass is 16.5. The fourth-order valence-electron chi connectivity index (χ4n) is 3.87. The molecule has 1 fully saturated rings. The van der Waals surface area contributed by atoms with Gasteiger partial charge in [-0.2, -0.15) is 9.78 Å². The molecule has 2 aromatic carbocycles. The SMILES string of the molecule is COc1cccc(Cn2c(=O)c(C(=O)NC[C@H]3CCCO3)nn(-c3ccc(C)c(C)c3)c2=O)c1. The minimum absolute atomic E-state index is 0.0335. The summed E-state index contributed by atoms with van der Waals surface area (Å²) in [7, 11) is 1.54. The summed E-state index contributed by atoms with van der Waals surface area (Å²) in [5.74, 6) is -0.0407. The van der Waals surface area contributed by atoms with Gasteiger partial charge in [-0.05, 0) is 67.6 Å². The van der Waals surface area contributed by atoms with Gasteiger partial charge in [-0.15, -0.1) is 0 Å². The predicted molar refractivity (Wildman–Crippen MR) is 127 cm³/mol. The molecule has 9 heteroatoms. The van der Waals surface area contributed by atoms with Crippen molar-refractivity contribution >= 4 is 5.91 Å². The maximum atomic E-state index is 13.4. The van der Waals surface area contributed by atoms with Crippen LogP contribution < -0.4 is 21.3 Å². The van der Waals surface area contributed by atoms with Gasteiger partial charge in [0.1, 0.15) is 5.75 Å². The summed E-state index contributed by atoms with van der Waals surface area (Å²) in [6.45, 7) is 4.78. The standard InChI is InChI=1S/C25H28N4O5/c1-16-9-10-19(12-17(16)2)29-25(32)28(15-18-6-4-7-20(13-18)33-3)24(31)22(27-29)23(30)26-14-21-8-5-11-34-21/h4,6-7,9-10,12-13,21H,5,8,11,14-15H2,1-3H3,(H,26,30)/t21-/m1/s1. The number of hydrogen-bond acceptors (Lipinski definition) is 6. The molecule has 1 atom stereocenters. The van der Waals surface area contributed by atoms with E-state index in [1.54, 1.807) is 43.5 Å². The number of hydrogen-bond donors (Lipinski definition) is 1. The highest BCUT2D eigenvalue weighted by molar-refractivity contribution is 5.91. The van der Waals surface area contributed by atoms with Crippen LogP contribution in [0.25, 0.3) is 5.69 Å². The van der Waals surface area contributed by atoms with E-state index in [1.165, 1.54) is 0 Å². The first-order valence-corrected chi connectivity index (χ1v) is 11.2. The normalized spacial score (nSPS) is 15.3. The smallest absolute Gasteiger partial charge is 0.352 e. The molecule has 0 radical (unpaired) electrons. The molecular formula is C25H28N4O5. The van der Waals surface area contributed by atoms with E-state index in [4.69, 9.17) is 9.47 Å². The number of ether oxygens (including phenoxy) is 2. The van der Waals surface area contributed by atoms with Gasteiger partial charge >= 0.3 is 5.69 Å². The third-order valence-corrected chi connectivity index (χ3v) is 6.00. The average Bonchev–Trinajstić information content (AvgIpc) is 3.36. The molecule has 4 rings (SSSR count). The molecule has 9 nitrogen and oxygen atoms in total. The van der Waals surface area contributed by atoms with Crippen molar-refractivity contribution in [1.29, 1.82) is 0 Å². The second-order valence-electron chi connectivity index (χ2n) is 8.40. The van der Waals surface area contributed by atoms with Crippen LogP contribution in [0.2, 0.25) is 0 Å². The number of amides is 1. The number of methoxy groups -OCH3 is 1. The largest absolute Gasteiger partial charge is 0.497 e.